The molecule has 0 aliphatic heterocycles. The van der Waals surface area contributed by atoms with Crippen LogP contribution in [0.15, 0.2) is 271 Å². The first-order valence-electron chi connectivity index (χ1n) is 24.4. The summed E-state index contributed by atoms with van der Waals surface area (Å²) in [5.74, 6) is 0. The molecule has 356 valence electrons. The Labute approximate surface area is 446 Å². The number of nitrogen functional groups attached to an aromatic ring is 1. The lowest BCUT2D eigenvalue weighted by molar-refractivity contribution is 0.824. The summed E-state index contributed by atoms with van der Waals surface area (Å²) in [6.07, 6.45) is 0. The molecule has 3 nitrogen and oxygen atoms in total. The summed E-state index contributed by atoms with van der Waals surface area (Å²) in [4.78, 5) is 0. The van der Waals surface area contributed by atoms with E-state index in [4.69, 9.17) is 5.73 Å². The van der Waals surface area contributed by atoms with Crippen molar-refractivity contribution in [2.75, 3.05) is 11.1 Å². The average Bonchev–Trinajstić information content (AvgIpc) is 4.05. The summed E-state index contributed by atoms with van der Waals surface area (Å²) in [5.41, 5.74) is 18.8. The van der Waals surface area contributed by atoms with Crippen molar-refractivity contribution in [2.45, 2.75) is 0 Å². The SMILES string of the molecule is Brc1cccc2c1sc1c(-c3ccccc3)cccc12.Nc1ccc(-c2cccc3ccccc23)cc1.O.c1ccc(-c2cccc3c2sc2c(Nc4ccc(-c5cccc6ccccc56)cc4)cccc23)cc1. The number of thiophene rings is 2. The zero-order valence-electron chi connectivity index (χ0n) is 40.2. The van der Waals surface area contributed by atoms with Crippen molar-refractivity contribution in [3.8, 4) is 44.5 Å². The Balaban J connectivity index is 0.000000131. The molecule has 0 amide bonds. The number of nitrogens with one attached hydrogen (secondary N) is 1. The number of hydrogen-bond donors (Lipinski definition) is 2. The van der Waals surface area contributed by atoms with Crippen LogP contribution in [0.1, 0.15) is 0 Å². The molecule has 0 radical (unpaired) electrons. The fraction of sp³-hybridized carbons (Fsp3) is 0. The van der Waals surface area contributed by atoms with E-state index >= 15 is 0 Å². The second kappa shape index (κ2) is 21.4. The molecule has 0 aliphatic rings. The molecule has 0 aliphatic carbocycles. The molecule has 2 aromatic heterocycles. The van der Waals surface area contributed by atoms with Gasteiger partial charge in [-0.05, 0) is 118 Å². The van der Waals surface area contributed by atoms with Gasteiger partial charge < -0.3 is 16.5 Å². The first-order valence-corrected chi connectivity index (χ1v) is 26.8. The molecule has 0 bridgehead atoms. The van der Waals surface area contributed by atoms with E-state index in [2.05, 4.69) is 276 Å². The predicted molar refractivity (Wildman–Crippen MR) is 327 cm³/mol. The fourth-order valence-corrected chi connectivity index (χ4v) is 13.1. The lowest BCUT2D eigenvalue weighted by Gasteiger charge is -2.10. The van der Waals surface area contributed by atoms with Crippen LogP contribution in [-0.4, -0.2) is 5.48 Å². The summed E-state index contributed by atoms with van der Waals surface area (Å²) in [6, 6.07) is 94.1. The van der Waals surface area contributed by atoms with Gasteiger partial charge in [0, 0.05) is 51.5 Å². The van der Waals surface area contributed by atoms with Crippen molar-refractivity contribution in [1.82, 2.24) is 0 Å². The van der Waals surface area contributed by atoms with Crippen molar-refractivity contribution in [3.63, 3.8) is 0 Å². The van der Waals surface area contributed by atoms with Gasteiger partial charge in [-0.25, -0.2) is 0 Å². The van der Waals surface area contributed by atoms with Gasteiger partial charge >= 0.3 is 0 Å². The summed E-state index contributed by atoms with van der Waals surface area (Å²) in [6.45, 7) is 0. The third-order valence-electron chi connectivity index (χ3n) is 13.4. The number of nitrogens with two attached hydrogens (primary N) is 1. The van der Waals surface area contributed by atoms with Crippen LogP contribution in [0, 0.1) is 0 Å². The molecule has 0 saturated carbocycles. The number of halogens is 1. The van der Waals surface area contributed by atoms with Gasteiger partial charge in [0.1, 0.15) is 0 Å². The van der Waals surface area contributed by atoms with Crippen LogP contribution >= 0.6 is 38.6 Å². The van der Waals surface area contributed by atoms with Gasteiger partial charge in [-0.2, -0.15) is 0 Å². The van der Waals surface area contributed by atoms with Gasteiger partial charge in [-0.3, -0.25) is 0 Å². The molecule has 0 atom stereocenters. The number of hydrogen-bond acceptors (Lipinski definition) is 4. The van der Waals surface area contributed by atoms with Gasteiger partial charge in [0.2, 0.25) is 0 Å². The van der Waals surface area contributed by atoms with Crippen LogP contribution in [0.4, 0.5) is 17.1 Å². The minimum atomic E-state index is 0. The van der Waals surface area contributed by atoms with Crippen molar-refractivity contribution in [3.05, 3.63) is 271 Å². The summed E-state index contributed by atoms with van der Waals surface area (Å²) >= 11 is 7.40. The minimum absolute atomic E-state index is 0. The Morgan fingerprint density at radius 1 is 0.297 bits per heavy atom. The molecule has 5 N–H and O–H groups in total. The molecule has 6 heteroatoms. The zero-order valence-corrected chi connectivity index (χ0v) is 43.4. The number of anilines is 3. The Hall–Kier alpha value is -8.36. The summed E-state index contributed by atoms with van der Waals surface area (Å²) in [7, 11) is 0. The minimum Gasteiger partial charge on any atom is -0.412 e. The highest BCUT2D eigenvalue weighted by Crippen LogP contribution is 2.45. The second-order valence-corrected chi connectivity index (χ2v) is 20.9. The Morgan fingerprint density at radius 2 is 0.662 bits per heavy atom. The molecule has 0 spiro atoms. The van der Waals surface area contributed by atoms with E-state index in [0.717, 1.165) is 17.1 Å². The maximum Gasteiger partial charge on any atom is 0.0590 e. The van der Waals surface area contributed by atoms with E-state index in [1.165, 1.54) is 111 Å². The van der Waals surface area contributed by atoms with E-state index in [1.807, 2.05) is 34.8 Å². The zero-order chi connectivity index (χ0) is 49.1. The lowest BCUT2D eigenvalue weighted by atomic mass is 9.98. The maximum atomic E-state index is 5.72. The smallest absolute Gasteiger partial charge is 0.0590 e. The van der Waals surface area contributed by atoms with Crippen LogP contribution in [0.25, 0.3) is 106 Å². The van der Waals surface area contributed by atoms with Crippen molar-refractivity contribution >= 4 is 118 Å². The summed E-state index contributed by atoms with van der Waals surface area (Å²) < 4.78 is 6.48. The van der Waals surface area contributed by atoms with Crippen LogP contribution in [0.5, 0.6) is 0 Å². The fourth-order valence-electron chi connectivity index (χ4n) is 9.90. The van der Waals surface area contributed by atoms with E-state index in [1.54, 1.807) is 0 Å². The highest BCUT2D eigenvalue weighted by atomic mass is 79.9. The standard InChI is InChI=1S/C34H23NS.C18H11BrS.C16H13N.H2O/c1-2-9-24(10-3-1)29-15-7-16-30-31-17-8-18-32(34(31)36-33(29)30)35-26-21-19-25(20-22-26)28-14-6-12-23-11-4-5-13-27(23)28;19-16-11-5-10-15-14-9-4-8-13(17(14)20-18(15)16)12-6-2-1-3-7-12;17-14-10-8-13(9-11-14)16-7-3-5-12-4-1-2-6-15(12)16;/h1-22,35H;1-11H;1-11H,17H2;1H2. The van der Waals surface area contributed by atoms with Crippen LogP contribution in [0.3, 0.4) is 0 Å². The third-order valence-corrected chi connectivity index (χ3v) is 16.9. The van der Waals surface area contributed by atoms with Crippen LogP contribution in [0.2, 0.25) is 0 Å². The van der Waals surface area contributed by atoms with Gasteiger partial charge in [-0.1, -0.05) is 231 Å². The molecule has 12 aromatic carbocycles. The van der Waals surface area contributed by atoms with Crippen molar-refractivity contribution in [2.24, 2.45) is 0 Å². The highest BCUT2D eigenvalue weighted by Gasteiger charge is 2.14. The molecular formula is C68H49BrN2OS2. The van der Waals surface area contributed by atoms with Gasteiger partial charge in [-0.15, -0.1) is 22.7 Å². The maximum absolute atomic E-state index is 5.72. The van der Waals surface area contributed by atoms with E-state index in [-0.39, 0.29) is 5.48 Å². The molecule has 2 heterocycles. The molecule has 0 unspecified atom stereocenters. The molecular weight excluding hydrogens is 1000 g/mol. The molecule has 0 saturated heterocycles. The van der Waals surface area contributed by atoms with Crippen LogP contribution < -0.4 is 11.1 Å². The lowest BCUT2D eigenvalue weighted by Crippen LogP contribution is -1.90. The first-order chi connectivity index (χ1) is 36.0. The topological polar surface area (TPSA) is 69.5 Å². The van der Waals surface area contributed by atoms with Crippen molar-refractivity contribution < 1.29 is 5.48 Å². The Kier molecular flexibility index (Phi) is 13.9. The predicted octanol–water partition coefficient (Wildman–Crippen LogP) is 20.0. The van der Waals surface area contributed by atoms with E-state index in [0.29, 0.717) is 0 Å². The molecule has 14 aromatic rings. The van der Waals surface area contributed by atoms with E-state index in [9.17, 15) is 0 Å². The monoisotopic (exact) mass is 1050 g/mol. The first kappa shape index (κ1) is 47.9. The quantitative estimate of drug-likeness (QED) is 0.163. The third kappa shape index (κ3) is 9.56. The normalized spacial score (nSPS) is 11.0. The summed E-state index contributed by atoms with van der Waals surface area (Å²) in [5, 5.41) is 14.1. The van der Waals surface area contributed by atoms with Gasteiger partial charge in [0.15, 0.2) is 0 Å². The Bertz CT molecular complexity index is 4230. The average molecular weight is 1050 g/mol. The van der Waals surface area contributed by atoms with Crippen LogP contribution in [-0.2, 0) is 0 Å². The van der Waals surface area contributed by atoms with Gasteiger partial charge in [0.25, 0.3) is 0 Å². The Morgan fingerprint density at radius 3 is 1.20 bits per heavy atom. The van der Waals surface area contributed by atoms with Gasteiger partial charge in [0.05, 0.1) is 10.4 Å². The molecule has 0 fully saturated rings. The molecule has 14 rings (SSSR count). The number of benzene rings is 12. The highest BCUT2D eigenvalue weighted by molar-refractivity contribution is 9.10. The second-order valence-electron chi connectivity index (χ2n) is 18.0. The largest absolute Gasteiger partial charge is 0.412 e. The van der Waals surface area contributed by atoms with E-state index < -0.39 is 0 Å². The number of fused-ring (bicyclic) bond motifs is 8. The van der Waals surface area contributed by atoms with Crippen molar-refractivity contribution in [1.29, 1.82) is 0 Å². The molecule has 74 heavy (non-hydrogen) atoms. The number of rotatable bonds is 6.